The zero-order valence-electron chi connectivity index (χ0n) is 13.2. The molecule has 1 aliphatic rings. The maximum atomic E-state index is 12.5. The van der Waals surface area contributed by atoms with Gasteiger partial charge in [0.25, 0.3) is 0 Å². The molecule has 0 bridgehead atoms. The van der Waals surface area contributed by atoms with Crippen LogP contribution in [0.2, 0.25) is 0 Å². The van der Waals surface area contributed by atoms with E-state index in [2.05, 4.69) is 15.4 Å². The Labute approximate surface area is 134 Å². The van der Waals surface area contributed by atoms with Crippen molar-refractivity contribution < 1.29 is 4.79 Å². The lowest BCUT2D eigenvalue weighted by molar-refractivity contribution is -0.121. The monoisotopic (exact) mass is 308 g/mol. The number of rotatable bonds is 3. The number of amides is 1. The van der Waals surface area contributed by atoms with Crippen LogP contribution in [0, 0.1) is 0 Å². The summed E-state index contributed by atoms with van der Waals surface area (Å²) in [4.78, 5) is 15.7. The van der Waals surface area contributed by atoms with Crippen LogP contribution in [0.1, 0.15) is 35.7 Å². The fraction of sp³-hybridized carbons (Fsp3) is 0.333. The van der Waals surface area contributed by atoms with E-state index in [9.17, 15) is 4.79 Å². The van der Waals surface area contributed by atoms with Gasteiger partial charge in [0, 0.05) is 35.4 Å². The van der Waals surface area contributed by atoms with E-state index >= 15 is 0 Å². The maximum Gasteiger partial charge on any atom is 0.224 e. The molecule has 5 nitrogen and oxygen atoms in total. The van der Waals surface area contributed by atoms with Gasteiger partial charge in [-0.3, -0.25) is 9.48 Å². The molecule has 5 heteroatoms. The number of aryl methyl sites for hydroxylation is 1. The number of carbonyl (C=O) groups is 1. The Morgan fingerprint density at radius 2 is 2.30 bits per heavy atom. The van der Waals surface area contributed by atoms with Gasteiger partial charge >= 0.3 is 0 Å². The Bertz CT molecular complexity index is 861. The largest absolute Gasteiger partial charge is 0.361 e. The molecule has 2 aromatic heterocycles. The van der Waals surface area contributed by atoms with Crippen LogP contribution in [0.3, 0.4) is 0 Å². The van der Waals surface area contributed by atoms with Crippen molar-refractivity contribution in [3.8, 4) is 0 Å². The molecule has 0 unspecified atom stereocenters. The summed E-state index contributed by atoms with van der Waals surface area (Å²) >= 11 is 0. The highest BCUT2D eigenvalue weighted by atomic mass is 16.1. The van der Waals surface area contributed by atoms with E-state index in [1.54, 1.807) is 0 Å². The molecule has 1 aliphatic carbocycles. The number of hydrogen-bond acceptors (Lipinski definition) is 2. The first-order chi connectivity index (χ1) is 11.2. The molecule has 0 aliphatic heterocycles. The minimum absolute atomic E-state index is 0.0662. The predicted octanol–water partition coefficient (Wildman–Crippen LogP) is 2.64. The SMILES string of the molecule is Cn1ncc2c1CCC[C@@H]2NC(=O)Cc1c[nH]c2ccccc12. The van der Waals surface area contributed by atoms with Crippen molar-refractivity contribution in [3.05, 3.63) is 53.5 Å². The summed E-state index contributed by atoms with van der Waals surface area (Å²) in [7, 11) is 1.97. The van der Waals surface area contributed by atoms with Crippen LogP contribution in [-0.4, -0.2) is 20.7 Å². The minimum atomic E-state index is 0.0662. The van der Waals surface area contributed by atoms with Crippen molar-refractivity contribution in [3.63, 3.8) is 0 Å². The Hall–Kier alpha value is -2.56. The van der Waals surface area contributed by atoms with Crippen LogP contribution < -0.4 is 5.32 Å². The molecule has 2 heterocycles. The number of para-hydroxylation sites is 1. The van der Waals surface area contributed by atoms with Gasteiger partial charge in [0.05, 0.1) is 18.7 Å². The van der Waals surface area contributed by atoms with Crippen molar-refractivity contribution in [1.82, 2.24) is 20.1 Å². The third-order valence-corrected chi connectivity index (χ3v) is 4.74. The number of nitrogens with zero attached hydrogens (tertiary/aromatic N) is 2. The van der Waals surface area contributed by atoms with Crippen LogP contribution >= 0.6 is 0 Å². The van der Waals surface area contributed by atoms with Gasteiger partial charge in [0.1, 0.15) is 0 Å². The minimum Gasteiger partial charge on any atom is -0.361 e. The van der Waals surface area contributed by atoms with E-state index in [0.29, 0.717) is 6.42 Å². The summed E-state index contributed by atoms with van der Waals surface area (Å²) in [5.74, 6) is 0.0662. The van der Waals surface area contributed by atoms with E-state index in [1.165, 1.54) is 11.3 Å². The number of aromatic nitrogens is 3. The molecule has 23 heavy (non-hydrogen) atoms. The molecular formula is C18H20N4O. The van der Waals surface area contributed by atoms with Crippen molar-refractivity contribution in [2.45, 2.75) is 31.7 Å². The second kappa shape index (κ2) is 5.57. The van der Waals surface area contributed by atoms with Crippen molar-refractivity contribution in [2.75, 3.05) is 0 Å². The average molecular weight is 308 g/mol. The van der Waals surface area contributed by atoms with Gasteiger partial charge in [0.2, 0.25) is 5.91 Å². The first-order valence-electron chi connectivity index (χ1n) is 8.07. The molecule has 2 N–H and O–H groups in total. The molecule has 0 spiro atoms. The fourth-order valence-corrected chi connectivity index (χ4v) is 3.55. The zero-order valence-corrected chi connectivity index (χ0v) is 13.2. The van der Waals surface area contributed by atoms with Gasteiger partial charge in [-0.15, -0.1) is 0 Å². The zero-order chi connectivity index (χ0) is 15.8. The molecule has 0 saturated carbocycles. The Morgan fingerprint density at radius 3 is 3.22 bits per heavy atom. The number of aromatic amines is 1. The van der Waals surface area contributed by atoms with Crippen LogP contribution in [0.15, 0.2) is 36.7 Å². The lowest BCUT2D eigenvalue weighted by Gasteiger charge is -2.23. The molecule has 1 atom stereocenters. The summed E-state index contributed by atoms with van der Waals surface area (Å²) in [5.41, 5.74) is 4.53. The Kier molecular flexibility index (Phi) is 3.41. The Morgan fingerprint density at radius 1 is 1.43 bits per heavy atom. The third-order valence-electron chi connectivity index (χ3n) is 4.74. The van der Waals surface area contributed by atoms with Crippen molar-refractivity contribution >= 4 is 16.8 Å². The second-order valence-electron chi connectivity index (χ2n) is 6.22. The average Bonchev–Trinajstić information content (AvgIpc) is 3.13. The number of H-pyrrole nitrogens is 1. The van der Waals surface area contributed by atoms with Crippen LogP contribution in [0.4, 0.5) is 0 Å². The lowest BCUT2D eigenvalue weighted by atomic mass is 9.93. The fourth-order valence-electron chi connectivity index (χ4n) is 3.55. The molecule has 118 valence electrons. The maximum absolute atomic E-state index is 12.5. The van der Waals surface area contributed by atoms with E-state index < -0.39 is 0 Å². The molecule has 0 saturated heterocycles. The number of benzene rings is 1. The standard InChI is InChI=1S/C18H20N4O/c1-22-17-8-4-7-16(14(17)11-20-22)21-18(23)9-12-10-19-15-6-3-2-5-13(12)15/h2-3,5-6,10-11,16,19H,4,7-9H2,1H3,(H,21,23)/t16-/m0/s1. The molecule has 1 amide bonds. The summed E-state index contributed by atoms with van der Waals surface area (Å²) in [6.07, 6.45) is 7.34. The van der Waals surface area contributed by atoms with Gasteiger partial charge in [0.15, 0.2) is 0 Å². The van der Waals surface area contributed by atoms with Crippen LogP contribution in [-0.2, 0) is 24.7 Å². The summed E-state index contributed by atoms with van der Waals surface area (Å²) < 4.78 is 1.92. The van der Waals surface area contributed by atoms with Gasteiger partial charge < -0.3 is 10.3 Å². The smallest absolute Gasteiger partial charge is 0.224 e. The second-order valence-corrected chi connectivity index (χ2v) is 6.22. The number of hydrogen-bond donors (Lipinski definition) is 2. The quantitative estimate of drug-likeness (QED) is 0.781. The van der Waals surface area contributed by atoms with Gasteiger partial charge in [-0.25, -0.2) is 0 Å². The number of fused-ring (bicyclic) bond motifs is 2. The third kappa shape index (κ3) is 2.52. The van der Waals surface area contributed by atoms with E-state index in [1.807, 2.05) is 48.4 Å². The molecular weight excluding hydrogens is 288 g/mol. The summed E-state index contributed by atoms with van der Waals surface area (Å²) in [6, 6.07) is 8.16. The van der Waals surface area contributed by atoms with Crippen molar-refractivity contribution in [1.29, 1.82) is 0 Å². The summed E-state index contributed by atoms with van der Waals surface area (Å²) in [6.45, 7) is 0. The topological polar surface area (TPSA) is 62.7 Å². The molecule has 4 rings (SSSR count). The number of carbonyl (C=O) groups excluding carboxylic acids is 1. The van der Waals surface area contributed by atoms with Gasteiger partial charge in [-0.2, -0.15) is 5.10 Å². The molecule has 0 radical (unpaired) electrons. The highest BCUT2D eigenvalue weighted by Gasteiger charge is 2.24. The normalized spacial score (nSPS) is 17.2. The van der Waals surface area contributed by atoms with E-state index in [4.69, 9.17) is 0 Å². The first kappa shape index (κ1) is 14.1. The predicted molar refractivity (Wildman–Crippen MR) is 89.0 cm³/mol. The van der Waals surface area contributed by atoms with Gasteiger partial charge in [-0.05, 0) is 30.9 Å². The molecule has 0 fully saturated rings. The Balaban J connectivity index is 1.51. The van der Waals surface area contributed by atoms with Crippen LogP contribution in [0.25, 0.3) is 10.9 Å². The van der Waals surface area contributed by atoms with Gasteiger partial charge in [-0.1, -0.05) is 18.2 Å². The van der Waals surface area contributed by atoms with Crippen molar-refractivity contribution in [2.24, 2.45) is 7.05 Å². The highest BCUT2D eigenvalue weighted by molar-refractivity contribution is 5.89. The van der Waals surface area contributed by atoms with E-state index in [-0.39, 0.29) is 11.9 Å². The lowest BCUT2D eigenvalue weighted by Crippen LogP contribution is -2.32. The highest BCUT2D eigenvalue weighted by Crippen LogP contribution is 2.29. The number of nitrogens with one attached hydrogen (secondary N) is 2. The first-order valence-corrected chi connectivity index (χ1v) is 8.07. The molecule has 1 aromatic carbocycles. The van der Waals surface area contributed by atoms with E-state index in [0.717, 1.165) is 35.7 Å². The molecule has 3 aromatic rings. The van der Waals surface area contributed by atoms with Crippen LogP contribution in [0.5, 0.6) is 0 Å². The summed E-state index contributed by atoms with van der Waals surface area (Å²) in [5, 5.41) is 8.64.